The van der Waals surface area contributed by atoms with Crippen LogP contribution in [0.1, 0.15) is 40.6 Å². The number of thiophene rings is 1. The lowest BCUT2D eigenvalue weighted by atomic mass is 10.0. The van der Waals surface area contributed by atoms with Gasteiger partial charge in [-0.3, -0.25) is 14.4 Å². The van der Waals surface area contributed by atoms with Crippen LogP contribution in [0.5, 0.6) is 0 Å². The van der Waals surface area contributed by atoms with Crippen molar-refractivity contribution in [1.82, 2.24) is 5.32 Å². The summed E-state index contributed by atoms with van der Waals surface area (Å²) in [5.74, 6) is -0.191. The molecule has 0 fully saturated rings. The first-order valence-electron chi connectivity index (χ1n) is 12.4. The summed E-state index contributed by atoms with van der Waals surface area (Å²) in [5.41, 5.74) is 3.17. The molecule has 0 aliphatic carbocycles. The molecular weight excluding hydrogens is 526 g/mol. The SMILES string of the molecule is CC(C)c1ccc(NC(=O)CSc2ccc(NC(=O)/C(=C/c3cccs3)NC(=O)c3ccccc3)cc2)cc1. The predicted octanol–water partition coefficient (Wildman–Crippen LogP) is 7.01. The lowest BCUT2D eigenvalue weighted by molar-refractivity contribution is -0.114. The molecule has 0 aliphatic rings. The van der Waals surface area contributed by atoms with Crippen LogP contribution in [0.15, 0.2) is 107 Å². The van der Waals surface area contributed by atoms with E-state index in [1.54, 1.807) is 42.5 Å². The Kier molecular flexibility index (Phi) is 9.72. The molecule has 0 atom stereocenters. The second-order valence-corrected chi connectivity index (χ2v) is 11.0. The highest BCUT2D eigenvalue weighted by molar-refractivity contribution is 8.00. The Morgan fingerprint density at radius 1 is 0.821 bits per heavy atom. The molecule has 3 amide bonds. The van der Waals surface area contributed by atoms with E-state index in [0.717, 1.165) is 15.5 Å². The zero-order valence-corrected chi connectivity index (χ0v) is 23.3. The summed E-state index contributed by atoms with van der Waals surface area (Å²) >= 11 is 2.87. The van der Waals surface area contributed by atoms with Crippen molar-refractivity contribution in [3.05, 3.63) is 118 Å². The number of carbonyl (C=O) groups is 3. The van der Waals surface area contributed by atoms with Crippen molar-refractivity contribution < 1.29 is 14.4 Å². The molecule has 1 heterocycles. The molecule has 198 valence electrons. The van der Waals surface area contributed by atoms with Gasteiger partial charge < -0.3 is 16.0 Å². The van der Waals surface area contributed by atoms with E-state index in [9.17, 15) is 14.4 Å². The molecule has 3 aromatic carbocycles. The Labute approximate surface area is 236 Å². The van der Waals surface area contributed by atoms with E-state index in [2.05, 4.69) is 29.8 Å². The first-order chi connectivity index (χ1) is 18.9. The second-order valence-electron chi connectivity index (χ2n) is 8.99. The molecule has 0 saturated carbocycles. The zero-order chi connectivity index (χ0) is 27.6. The standard InChI is InChI=1S/C31H29N3O3S2/c1-21(2)22-10-12-24(13-11-22)32-29(35)20-39-26-16-14-25(15-17-26)33-31(37)28(19-27-9-6-18-38-27)34-30(36)23-7-4-3-5-8-23/h3-19,21H,20H2,1-2H3,(H,32,35)(H,33,37)(H,34,36)/b28-19-. The topological polar surface area (TPSA) is 87.3 Å². The molecule has 0 radical (unpaired) electrons. The molecule has 0 spiro atoms. The maximum absolute atomic E-state index is 13.1. The minimum absolute atomic E-state index is 0.0906. The van der Waals surface area contributed by atoms with Crippen LogP contribution in [-0.4, -0.2) is 23.5 Å². The summed E-state index contributed by atoms with van der Waals surface area (Å²) in [6.07, 6.45) is 1.65. The Morgan fingerprint density at radius 3 is 2.13 bits per heavy atom. The van der Waals surface area contributed by atoms with Crippen LogP contribution in [0.3, 0.4) is 0 Å². The molecule has 4 aromatic rings. The first kappa shape index (κ1) is 27.9. The van der Waals surface area contributed by atoms with Gasteiger partial charge in [-0.25, -0.2) is 0 Å². The Bertz CT molecular complexity index is 1430. The van der Waals surface area contributed by atoms with E-state index in [-0.39, 0.29) is 23.3 Å². The van der Waals surface area contributed by atoms with Gasteiger partial charge in [0.2, 0.25) is 5.91 Å². The Hall–Kier alpha value is -4.14. The van der Waals surface area contributed by atoms with Crippen LogP contribution in [0, 0.1) is 0 Å². The summed E-state index contributed by atoms with van der Waals surface area (Å²) in [5, 5.41) is 10.4. The number of carbonyl (C=O) groups excluding carboxylic acids is 3. The van der Waals surface area contributed by atoms with Crippen LogP contribution in [0.2, 0.25) is 0 Å². The molecule has 0 saturated heterocycles. The molecule has 0 aliphatic heterocycles. The van der Waals surface area contributed by atoms with Crippen LogP contribution in [0.25, 0.3) is 6.08 Å². The number of nitrogens with one attached hydrogen (secondary N) is 3. The fourth-order valence-electron chi connectivity index (χ4n) is 3.59. The fourth-order valence-corrected chi connectivity index (χ4v) is 4.94. The van der Waals surface area contributed by atoms with Gasteiger partial charge in [0.25, 0.3) is 11.8 Å². The minimum atomic E-state index is -0.434. The largest absolute Gasteiger partial charge is 0.325 e. The van der Waals surface area contributed by atoms with E-state index in [4.69, 9.17) is 0 Å². The van der Waals surface area contributed by atoms with Gasteiger partial charge in [0.15, 0.2) is 0 Å². The van der Waals surface area contributed by atoms with Crippen molar-refractivity contribution in [2.75, 3.05) is 16.4 Å². The number of benzene rings is 3. The van der Waals surface area contributed by atoms with Gasteiger partial charge in [-0.1, -0.05) is 50.2 Å². The third kappa shape index (κ3) is 8.43. The van der Waals surface area contributed by atoms with Gasteiger partial charge in [0.05, 0.1) is 5.75 Å². The van der Waals surface area contributed by atoms with Gasteiger partial charge in [-0.05, 0) is 77.5 Å². The van der Waals surface area contributed by atoms with E-state index >= 15 is 0 Å². The van der Waals surface area contributed by atoms with Gasteiger partial charge >= 0.3 is 0 Å². The van der Waals surface area contributed by atoms with Gasteiger partial charge in [0, 0.05) is 26.7 Å². The third-order valence-corrected chi connectivity index (χ3v) is 7.53. The normalized spacial score (nSPS) is 11.2. The number of hydrogen-bond acceptors (Lipinski definition) is 5. The summed E-state index contributed by atoms with van der Waals surface area (Å²) in [4.78, 5) is 39.9. The Morgan fingerprint density at radius 2 is 1.49 bits per heavy atom. The maximum Gasteiger partial charge on any atom is 0.272 e. The van der Waals surface area contributed by atoms with E-state index in [1.165, 1.54) is 28.7 Å². The minimum Gasteiger partial charge on any atom is -0.325 e. The average Bonchev–Trinajstić information content (AvgIpc) is 3.46. The number of anilines is 2. The van der Waals surface area contributed by atoms with Crippen molar-refractivity contribution in [1.29, 1.82) is 0 Å². The molecule has 6 nitrogen and oxygen atoms in total. The number of hydrogen-bond donors (Lipinski definition) is 3. The molecule has 39 heavy (non-hydrogen) atoms. The molecular formula is C31H29N3O3S2. The molecule has 0 unspecified atom stereocenters. The fraction of sp³-hybridized carbons (Fsp3) is 0.129. The van der Waals surface area contributed by atoms with Gasteiger partial charge in [-0.2, -0.15) is 0 Å². The summed E-state index contributed by atoms with van der Waals surface area (Å²) in [6, 6.07) is 27.6. The summed E-state index contributed by atoms with van der Waals surface area (Å²) in [6.45, 7) is 4.26. The van der Waals surface area contributed by atoms with Gasteiger partial charge in [-0.15, -0.1) is 23.1 Å². The number of rotatable bonds is 10. The lowest BCUT2D eigenvalue weighted by Gasteiger charge is -2.11. The summed E-state index contributed by atoms with van der Waals surface area (Å²) < 4.78 is 0. The monoisotopic (exact) mass is 555 g/mol. The Balaban J connectivity index is 1.34. The quantitative estimate of drug-likeness (QED) is 0.145. The smallest absolute Gasteiger partial charge is 0.272 e. The number of amides is 3. The number of thioether (sulfide) groups is 1. The highest BCUT2D eigenvalue weighted by atomic mass is 32.2. The van der Waals surface area contributed by atoms with Crippen molar-refractivity contribution in [3.63, 3.8) is 0 Å². The molecule has 3 N–H and O–H groups in total. The molecule has 8 heteroatoms. The molecule has 1 aromatic heterocycles. The summed E-state index contributed by atoms with van der Waals surface area (Å²) in [7, 11) is 0. The van der Waals surface area contributed by atoms with E-state index < -0.39 is 5.91 Å². The van der Waals surface area contributed by atoms with Crippen molar-refractivity contribution in [3.8, 4) is 0 Å². The first-order valence-corrected chi connectivity index (χ1v) is 14.3. The highest BCUT2D eigenvalue weighted by Gasteiger charge is 2.15. The maximum atomic E-state index is 13.1. The zero-order valence-electron chi connectivity index (χ0n) is 21.6. The second kappa shape index (κ2) is 13.6. The lowest BCUT2D eigenvalue weighted by Crippen LogP contribution is -2.30. The van der Waals surface area contributed by atoms with Crippen LogP contribution in [-0.2, 0) is 9.59 Å². The third-order valence-electron chi connectivity index (χ3n) is 5.70. The van der Waals surface area contributed by atoms with Crippen molar-refractivity contribution in [2.45, 2.75) is 24.7 Å². The van der Waals surface area contributed by atoms with Crippen LogP contribution in [0.4, 0.5) is 11.4 Å². The molecule has 0 bridgehead atoms. The van der Waals surface area contributed by atoms with E-state index in [1.807, 2.05) is 60.0 Å². The van der Waals surface area contributed by atoms with Crippen molar-refractivity contribution in [2.24, 2.45) is 0 Å². The van der Waals surface area contributed by atoms with Crippen LogP contribution >= 0.6 is 23.1 Å². The average molecular weight is 556 g/mol. The van der Waals surface area contributed by atoms with Gasteiger partial charge in [0.1, 0.15) is 5.70 Å². The van der Waals surface area contributed by atoms with Crippen molar-refractivity contribution >= 4 is 58.3 Å². The molecule has 4 rings (SSSR count). The van der Waals surface area contributed by atoms with E-state index in [0.29, 0.717) is 17.2 Å². The highest BCUT2D eigenvalue weighted by Crippen LogP contribution is 2.22. The predicted molar refractivity (Wildman–Crippen MR) is 161 cm³/mol. The van der Waals surface area contributed by atoms with Crippen LogP contribution < -0.4 is 16.0 Å².